The van der Waals surface area contributed by atoms with E-state index in [-0.39, 0.29) is 55.2 Å². The number of ether oxygens (including phenoxy) is 5. The molecule has 2 saturated heterocycles. The molecular weight excluding hydrogens is 1060 g/mol. The van der Waals surface area contributed by atoms with Crippen LogP contribution in [0.4, 0.5) is 26.9 Å². The van der Waals surface area contributed by atoms with Crippen molar-refractivity contribution in [2.24, 2.45) is 5.11 Å². The molecule has 3 aromatic heterocycles. The number of imidazole rings is 1. The molecule has 74 heavy (non-hydrogen) atoms. The number of aromatic nitrogens is 6. The molecule has 2 aliphatic rings. The number of esters is 1. The van der Waals surface area contributed by atoms with E-state index >= 15 is 0 Å². The third-order valence-corrected chi connectivity index (χ3v) is 14.3. The summed E-state index contributed by atoms with van der Waals surface area (Å²) in [6, 6.07) is 6.15. The van der Waals surface area contributed by atoms with Gasteiger partial charge >= 0.3 is 39.5 Å². The lowest BCUT2D eigenvalue weighted by atomic mass is 10.1. The lowest BCUT2D eigenvalue weighted by molar-refractivity contribution is -0.159. The van der Waals surface area contributed by atoms with E-state index in [0.717, 1.165) is 10.9 Å². The molecule has 1 aromatic carbocycles. The topological polar surface area (TPSA) is 443 Å². The molecule has 2 fully saturated rings. The van der Waals surface area contributed by atoms with Gasteiger partial charge in [0.25, 0.3) is 0 Å². The van der Waals surface area contributed by atoms with Gasteiger partial charge in [-0.25, -0.2) is 43.3 Å². The van der Waals surface area contributed by atoms with Gasteiger partial charge in [0.05, 0.1) is 19.5 Å². The molecular formula is C39H53N13O18P2S2. The molecule has 2 amide bonds. The van der Waals surface area contributed by atoms with Crippen molar-refractivity contribution in [1.29, 1.82) is 0 Å². The molecule has 10 N–H and O–H groups in total. The highest BCUT2D eigenvalue weighted by Crippen LogP contribution is 2.50. The summed E-state index contributed by atoms with van der Waals surface area (Å²) in [6.07, 6.45) is -7.73. The van der Waals surface area contributed by atoms with Crippen LogP contribution in [0, 0.1) is 0 Å². The summed E-state index contributed by atoms with van der Waals surface area (Å²) in [7, 11) is -7.71. The molecule has 4 aromatic rings. The summed E-state index contributed by atoms with van der Waals surface area (Å²) in [5.74, 6) is -1.28. The summed E-state index contributed by atoms with van der Waals surface area (Å²) in [5, 5.41) is 20.2. The number of azide groups is 1. The van der Waals surface area contributed by atoms with Crippen molar-refractivity contribution in [1.82, 2.24) is 39.7 Å². The van der Waals surface area contributed by atoms with Crippen molar-refractivity contribution >= 4 is 83.9 Å². The number of benzene rings is 1. The van der Waals surface area contributed by atoms with E-state index in [4.69, 9.17) is 49.7 Å². The van der Waals surface area contributed by atoms with Gasteiger partial charge in [-0.2, -0.15) is 4.98 Å². The SMILES string of the molecule is CSSC(CC[C@H](NC(=O)OC(C)(C)C)C(=O)O[C@H]1[C@@H](O)[C@H](n2cnc3c(N)ncnc32)O[C@@H]1COP(=O)(O)O[C@H]1C[C@H](n2ccc(N)nc2=O)O[C@@H]1COP(=O)(O)O)CNC(=O)OCc1ccc(N=[N+]=[N-])cc1. The van der Waals surface area contributed by atoms with Gasteiger partial charge in [0.15, 0.2) is 23.8 Å². The first-order valence-corrected chi connectivity index (χ1v) is 27.6. The molecule has 2 unspecified atom stereocenters. The Morgan fingerprint density at radius 3 is 2.42 bits per heavy atom. The number of nitrogens with two attached hydrogens (primary N) is 2. The second-order valence-corrected chi connectivity index (χ2v) is 22.5. The average molecular weight is 1120 g/mol. The van der Waals surface area contributed by atoms with Crippen molar-refractivity contribution in [2.45, 2.75) is 107 Å². The maximum atomic E-state index is 14.3. The van der Waals surface area contributed by atoms with Crippen LogP contribution in [0.2, 0.25) is 0 Å². The molecule has 0 radical (unpaired) electrons. The van der Waals surface area contributed by atoms with Crippen LogP contribution >= 0.6 is 37.2 Å². The Balaban J connectivity index is 1.19. The monoisotopic (exact) mass is 1120 g/mol. The van der Waals surface area contributed by atoms with Crippen molar-refractivity contribution < 1.29 is 80.6 Å². The van der Waals surface area contributed by atoms with Crippen LogP contribution in [0.25, 0.3) is 21.6 Å². The van der Waals surface area contributed by atoms with Gasteiger partial charge in [-0.3, -0.25) is 22.7 Å². The summed E-state index contributed by atoms with van der Waals surface area (Å²) in [4.78, 5) is 101. The Bertz CT molecular complexity index is 2820. The standard InChI is InChI=1S/C39H53N13O18P2S2/c1-39(2,3)69-38(57)47-23(10-9-22(74-73-4)14-43-37(56)63-15-20-5-7-21(8-6-20)49-50-42)35(54)68-31-26(67-34(30(31)53)52-19-46-29-32(41)44-18-45-33(29)52)17-65-72(61,62)70-24-13-28(51-12-11-27(40)48-36(51)55)66-25(24)16-64-71(58,59)60/h5-8,11-12,18-19,22-26,28,30-31,34,53H,9-10,13-17H2,1-4H3,(H,43,56)(H,47,57)(H,61,62)(H2,40,48,55)(H2,41,44,45)(H2,58,59,60)/t22?,23-,24-,25+,26+,28+,30+,31+,34+/m0/s1. The number of anilines is 2. The van der Waals surface area contributed by atoms with Gasteiger partial charge in [0, 0.05) is 35.0 Å². The van der Waals surface area contributed by atoms with E-state index in [1.54, 1.807) is 51.3 Å². The third kappa shape index (κ3) is 16.4. The smallest absolute Gasteiger partial charge is 0.455 e. The molecule has 0 spiro atoms. The largest absolute Gasteiger partial charge is 0.472 e. The Kier molecular flexibility index (Phi) is 19.7. The van der Waals surface area contributed by atoms with Crippen LogP contribution in [0.3, 0.4) is 0 Å². The first kappa shape index (κ1) is 57.6. The molecule has 0 bridgehead atoms. The number of aliphatic hydroxyl groups is 1. The number of amides is 2. The van der Waals surface area contributed by atoms with Crippen molar-refractivity contribution in [3.8, 4) is 0 Å². The normalized spacial score (nSPS) is 22.5. The van der Waals surface area contributed by atoms with Crippen LogP contribution in [0.1, 0.15) is 58.1 Å². The fourth-order valence-electron chi connectivity index (χ4n) is 7.30. The molecule has 0 saturated carbocycles. The van der Waals surface area contributed by atoms with Gasteiger partial charge in [0.1, 0.15) is 66.6 Å². The van der Waals surface area contributed by atoms with Crippen LogP contribution in [-0.2, 0) is 57.8 Å². The van der Waals surface area contributed by atoms with E-state index in [0.29, 0.717) is 11.3 Å². The van der Waals surface area contributed by atoms with E-state index in [2.05, 4.69) is 45.1 Å². The zero-order valence-corrected chi connectivity index (χ0v) is 43.1. The highest BCUT2D eigenvalue weighted by atomic mass is 33.1. The van der Waals surface area contributed by atoms with Crippen LogP contribution in [0.5, 0.6) is 0 Å². The maximum absolute atomic E-state index is 14.3. The van der Waals surface area contributed by atoms with Crippen molar-refractivity contribution in [3.05, 3.63) is 75.7 Å². The molecule has 10 atom stereocenters. The van der Waals surface area contributed by atoms with Gasteiger partial charge in [-0.1, -0.05) is 51.0 Å². The number of carbonyl (C=O) groups is 3. The number of rotatable bonds is 23. The van der Waals surface area contributed by atoms with E-state index < -0.39 is 113 Å². The minimum atomic E-state index is -5.31. The Hall–Kier alpha value is -5.63. The van der Waals surface area contributed by atoms with Gasteiger partial charge in [0.2, 0.25) is 0 Å². The fraction of sp³-hybridized carbons (Fsp3) is 0.538. The van der Waals surface area contributed by atoms with Crippen LogP contribution in [-0.4, -0.2) is 140 Å². The summed E-state index contributed by atoms with van der Waals surface area (Å²) in [5.41, 5.74) is 19.5. The summed E-state index contributed by atoms with van der Waals surface area (Å²) < 4.78 is 71.4. The van der Waals surface area contributed by atoms with E-state index in [9.17, 15) is 48.1 Å². The summed E-state index contributed by atoms with van der Waals surface area (Å²) in [6.45, 7) is 2.90. The number of nitrogens with one attached hydrogen (secondary N) is 2. The quantitative estimate of drug-likeness (QED) is 0.0100. The number of carbonyl (C=O) groups excluding carboxylic acids is 3. The van der Waals surface area contributed by atoms with Crippen LogP contribution < -0.4 is 27.8 Å². The second-order valence-electron chi connectivity index (χ2n) is 17.1. The Morgan fingerprint density at radius 2 is 1.74 bits per heavy atom. The van der Waals surface area contributed by atoms with E-state index in [1.807, 2.05) is 0 Å². The number of nitrogen functional groups attached to an aromatic ring is 2. The zero-order valence-electron chi connectivity index (χ0n) is 39.7. The molecule has 31 nitrogen and oxygen atoms in total. The fourth-order valence-corrected chi connectivity index (χ4v) is 10.6. The predicted molar refractivity (Wildman–Crippen MR) is 260 cm³/mol. The number of fused-ring (bicyclic) bond motifs is 1. The molecule has 6 rings (SSSR count). The van der Waals surface area contributed by atoms with Crippen molar-refractivity contribution in [3.63, 3.8) is 0 Å². The number of hydrogen-bond donors (Lipinski definition) is 8. The zero-order chi connectivity index (χ0) is 54.0. The highest BCUT2D eigenvalue weighted by molar-refractivity contribution is 8.76. The van der Waals surface area contributed by atoms with Crippen molar-refractivity contribution in [2.75, 3.05) is 37.5 Å². The second kappa shape index (κ2) is 25.3. The van der Waals surface area contributed by atoms with Crippen LogP contribution in [0.15, 0.2) is 59.1 Å². The lowest BCUT2D eigenvalue weighted by Gasteiger charge is -2.27. The number of hydrogen-bond acceptors (Lipinski definition) is 24. The van der Waals surface area contributed by atoms with E-state index in [1.165, 1.54) is 44.7 Å². The number of phosphoric ester groups is 2. The molecule has 5 heterocycles. The number of phosphoric acid groups is 2. The highest BCUT2D eigenvalue weighted by Gasteiger charge is 2.50. The molecule has 35 heteroatoms. The predicted octanol–water partition coefficient (Wildman–Crippen LogP) is 3.24. The first-order valence-electron chi connectivity index (χ1n) is 22.0. The molecule has 2 aliphatic heterocycles. The molecule has 0 aliphatic carbocycles. The number of alkyl carbamates (subject to hydrolysis) is 2. The molecule has 404 valence electrons. The number of nitrogens with zero attached hydrogens (tertiary/aromatic N) is 9. The Labute approximate surface area is 427 Å². The summed E-state index contributed by atoms with van der Waals surface area (Å²) >= 11 is 0. The Morgan fingerprint density at radius 1 is 1.01 bits per heavy atom. The van der Waals surface area contributed by atoms with Gasteiger partial charge in [-0.05, 0) is 57.0 Å². The first-order chi connectivity index (χ1) is 34.9. The minimum Gasteiger partial charge on any atom is -0.455 e. The lowest BCUT2D eigenvalue weighted by Crippen LogP contribution is -2.48. The maximum Gasteiger partial charge on any atom is 0.472 e. The number of aliphatic hydroxyl groups excluding tert-OH is 1. The average Bonchev–Trinajstić information content (AvgIpc) is 4.02. The van der Waals surface area contributed by atoms with Gasteiger partial charge in [-0.15, -0.1) is 0 Å². The minimum absolute atomic E-state index is 0.0288. The van der Waals surface area contributed by atoms with Gasteiger partial charge < -0.3 is 65.6 Å². The third-order valence-electron chi connectivity index (χ3n) is 10.6.